The molecule has 1 aromatic rings. The van der Waals surface area contributed by atoms with Crippen LogP contribution in [0.5, 0.6) is 0 Å². The first-order valence-electron chi connectivity index (χ1n) is 7.95. The standard InChI is InChI=1S/C18H23BrF2NO3/c1-18(2,3)25-17(24)22(4)8-6-5-7-13(23)11-14-15(19)9-12(20)10-16(14)21/h9-10H,4-8,11H2,1-3H3/q+1. The molecule has 0 aromatic heterocycles. The predicted molar refractivity (Wildman–Crippen MR) is 95.1 cm³/mol. The zero-order valence-electron chi connectivity index (χ0n) is 14.7. The van der Waals surface area contributed by atoms with Crippen molar-refractivity contribution < 1.29 is 27.7 Å². The molecule has 0 aliphatic rings. The summed E-state index contributed by atoms with van der Waals surface area (Å²) >= 11 is 3.07. The van der Waals surface area contributed by atoms with Crippen LogP contribution in [0.1, 0.15) is 45.6 Å². The fourth-order valence-electron chi connectivity index (χ4n) is 2.07. The average Bonchev–Trinajstić information content (AvgIpc) is 2.45. The van der Waals surface area contributed by atoms with Crippen LogP contribution >= 0.6 is 15.9 Å². The number of amides is 1. The minimum absolute atomic E-state index is 0.104. The predicted octanol–water partition coefficient (Wildman–Crippen LogP) is 4.66. The summed E-state index contributed by atoms with van der Waals surface area (Å²) in [4.78, 5) is 23.7. The molecule has 0 fully saturated rings. The second-order valence-corrected chi connectivity index (χ2v) is 7.62. The van der Waals surface area contributed by atoms with Gasteiger partial charge in [0, 0.05) is 35.4 Å². The molecule has 0 bridgehead atoms. The van der Waals surface area contributed by atoms with Gasteiger partial charge in [0.25, 0.3) is 0 Å². The van der Waals surface area contributed by atoms with Gasteiger partial charge in [-0.25, -0.2) is 8.78 Å². The van der Waals surface area contributed by atoms with E-state index in [0.717, 1.165) is 12.1 Å². The maximum absolute atomic E-state index is 13.7. The van der Waals surface area contributed by atoms with Gasteiger partial charge >= 0.3 is 6.09 Å². The summed E-state index contributed by atoms with van der Waals surface area (Å²) in [5.41, 5.74) is -0.436. The molecule has 0 unspecified atom stereocenters. The Morgan fingerprint density at radius 1 is 1.24 bits per heavy atom. The maximum Gasteiger partial charge on any atom is 0.596 e. The maximum atomic E-state index is 13.7. The number of carbonyl (C=O) groups is 2. The summed E-state index contributed by atoms with van der Waals surface area (Å²) in [6.45, 7) is 9.28. The quantitative estimate of drug-likeness (QED) is 0.367. The third-order valence-corrected chi connectivity index (χ3v) is 3.97. The molecule has 1 amide bonds. The summed E-state index contributed by atoms with van der Waals surface area (Å²) in [6, 6.07) is 1.89. The topological polar surface area (TPSA) is 46.4 Å². The third-order valence-electron chi connectivity index (χ3n) is 3.27. The third kappa shape index (κ3) is 7.86. The van der Waals surface area contributed by atoms with E-state index in [-0.39, 0.29) is 28.7 Å². The van der Waals surface area contributed by atoms with Gasteiger partial charge < -0.3 is 4.74 Å². The highest BCUT2D eigenvalue weighted by atomic mass is 79.9. The molecule has 4 nitrogen and oxygen atoms in total. The fourth-order valence-corrected chi connectivity index (χ4v) is 2.62. The first-order valence-corrected chi connectivity index (χ1v) is 8.75. The molecular formula is C18H23BrF2NO3+. The van der Waals surface area contributed by atoms with Gasteiger partial charge in [0.1, 0.15) is 29.7 Å². The molecule has 7 heteroatoms. The Balaban J connectivity index is 2.39. The van der Waals surface area contributed by atoms with E-state index in [1.54, 1.807) is 20.8 Å². The number of nitrogens with zero attached hydrogens (tertiary/aromatic N) is 1. The molecule has 0 saturated carbocycles. The lowest BCUT2D eigenvalue weighted by atomic mass is 10.0. The van der Waals surface area contributed by atoms with E-state index in [1.807, 2.05) is 0 Å². The normalized spacial score (nSPS) is 11.3. The van der Waals surface area contributed by atoms with Crippen LogP contribution in [0, 0.1) is 11.6 Å². The van der Waals surface area contributed by atoms with Crippen LogP contribution in [0.25, 0.3) is 0 Å². The van der Waals surface area contributed by atoms with Crippen molar-refractivity contribution >= 4 is 34.5 Å². The molecule has 0 spiro atoms. The summed E-state index contributed by atoms with van der Waals surface area (Å²) in [7, 11) is 0. The van der Waals surface area contributed by atoms with Crippen molar-refractivity contribution in [2.75, 3.05) is 6.54 Å². The van der Waals surface area contributed by atoms with Crippen molar-refractivity contribution in [2.24, 2.45) is 0 Å². The lowest BCUT2D eigenvalue weighted by molar-refractivity contribution is -0.443. The number of Topliss-reactive ketones (excluding diaryl/α,β-unsaturated/α-hetero) is 1. The number of carbonyl (C=O) groups excluding carboxylic acids is 2. The number of ether oxygens (including phenoxy) is 1. The molecule has 0 atom stereocenters. The molecule has 138 valence electrons. The monoisotopic (exact) mass is 418 g/mol. The Bertz CT molecular complexity index is 646. The molecule has 0 heterocycles. The zero-order chi connectivity index (χ0) is 19.2. The van der Waals surface area contributed by atoms with Gasteiger partial charge in [0.15, 0.2) is 6.54 Å². The molecule has 25 heavy (non-hydrogen) atoms. The molecule has 1 rings (SSSR count). The molecule has 0 saturated heterocycles. The van der Waals surface area contributed by atoms with E-state index in [0.29, 0.717) is 19.4 Å². The number of rotatable bonds is 7. The first-order chi connectivity index (χ1) is 11.5. The van der Waals surface area contributed by atoms with E-state index in [4.69, 9.17) is 4.74 Å². The second kappa shape index (κ2) is 9.17. The van der Waals surface area contributed by atoms with E-state index >= 15 is 0 Å². The number of hydrogen-bond donors (Lipinski definition) is 0. The molecular weight excluding hydrogens is 396 g/mol. The molecule has 0 radical (unpaired) electrons. The van der Waals surface area contributed by atoms with Crippen molar-refractivity contribution in [3.8, 4) is 0 Å². The van der Waals surface area contributed by atoms with Crippen LogP contribution in [0.15, 0.2) is 16.6 Å². The Labute approximate surface area is 155 Å². The van der Waals surface area contributed by atoms with Crippen molar-refractivity contribution in [1.29, 1.82) is 0 Å². The number of unbranched alkanes of at least 4 members (excludes halogenated alkanes) is 1. The van der Waals surface area contributed by atoms with Crippen LogP contribution in [0.2, 0.25) is 0 Å². The summed E-state index contributed by atoms with van der Waals surface area (Å²) in [5.74, 6) is -1.59. The number of benzene rings is 1. The summed E-state index contributed by atoms with van der Waals surface area (Å²) in [5, 5.41) is 0. The van der Waals surface area contributed by atoms with Gasteiger partial charge in [-0.1, -0.05) is 15.9 Å². The Morgan fingerprint density at radius 3 is 2.44 bits per heavy atom. The summed E-state index contributed by atoms with van der Waals surface area (Å²) in [6.07, 6.45) is 0.726. The van der Waals surface area contributed by atoms with Crippen LogP contribution in [-0.4, -0.2) is 35.3 Å². The van der Waals surface area contributed by atoms with Crippen molar-refractivity contribution in [3.63, 3.8) is 0 Å². The van der Waals surface area contributed by atoms with Gasteiger partial charge in [-0.3, -0.25) is 4.79 Å². The summed E-state index contributed by atoms with van der Waals surface area (Å²) < 4.78 is 33.4. The van der Waals surface area contributed by atoms with E-state index in [1.165, 1.54) is 4.58 Å². The smallest absolute Gasteiger partial charge is 0.406 e. The minimum atomic E-state index is -0.742. The lowest BCUT2D eigenvalue weighted by Crippen LogP contribution is -2.30. The van der Waals surface area contributed by atoms with Gasteiger partial charge in [-0.2, -0.15) is 4.79 Å². The van der Waals surface area contributed by atoms with Crippen molar-refractivity contribution in [2.45, 2.75) is 52.1 Å². The van der Waals surface area contributed by atoms with Crippen molar-refractivity contribution in [1.82, 2.24) is 0 Å². The second-order valence-electron chi connectivity index (χ2n) is 6.76. The largest absolute Gasteiger partial charge is 0.596 e. The highest BCUT2D eigenvalue weighted by molar-refractivity contribution is 9.10. The molecule has 0 N–H and O–H groups in total. The zero-order valence-corrected chi connectivity index (χ0v) is 16.3. The Hall–Kier alpha value is -1.63. The average molecular weight is 419 g/mol. The van der Waals surface area contributed by atoms with Gasteiger partial charge in [0.05, 0.1) is 0 Å². The molecule has 0 aliphatic heterocycles. The SMILES string of the molecule is C=[N+](CCCCC(=O)Cc1c(F)cc(F)cc1Br)C(=O)OC(C)(C)C. The van der Waals surface area contributed by atoms with Gasteiger partial charge in [0.2, 0.25) is 0 Å². The van der Waals surface area contributed by atoms with Crippen molar-refractivity contribution in [3.05, 3.63) is 33.8 Å². The fraction of sp³-hybridized carbons (Fsp3) is 0.500. The Kier molecular flexibility index (Phi) is 7.86. The van der Waals surface area contributed by atoms with Crippen LogP contribution in [-0.2, 0) is 16.0 Å². The number of halogens is 3. The van der Waals surface area contributed by atoms with Crippen LogP contribution in [0.4, 0.5) is 13.6 Å². The minimum Gasteiger partial charge on any atom is -0.406 e. The molecule has 1 aromatic carbocycles. The number of ketones is 1. The van der Waals surface area contributed by atoms with Gasteiger partial charge in [-0.15, -0.1) is 4.58 Å². The Morgan fingerprint density at radius 2 is 1.88 bits per heavy atom. The lowest BCUT2D eigenvalue weighted by Gasteiger charge is -2.16. The van der Waals surface area contributed by atoms with E-state index in [2.05, 4.69) is 22.6 Å². The highest BCUT2D eigenvalue weighted by Gasteiger charge is 2.24. The van der Waals surface area contributed by atoms with E-state index < -0.39 is 23.3 Å². The highest BCUT2D eigenvalue weighted by Crippen LogP contribution is 2.23. The van der Waals surface area contributed by atoms with Crippen LogP contribution < -0.4 is 0 Å². The number of hydrogen-bond acceptors (Lipinski definition) is 3. The van der Waals surface area contributed by atoms with Gasteiger partial charge in [-0.05, 0) is 33.3 Å². The van der Waals surface area contributed by atoms with Crippen LogP contribution in [0.3, 0.4) is 0 Å². The first kappa shape index (κ1) is 21.4. The molecule has 0 aliphatic carbocycles. The van der Waals surface area contributed by atoms with E-state index in [9.17, 15) is 18.4 Å².